The molecule has 106 valence electrons. The molecule has 0 bridgehead atoms. The number of carbonyl (C=O) groups is 1. The molecule has 0 fully saturated rings. The lowest BCUT2D eigenvalue weighted by atomic mass is 10.1. The van der Waals surface area contributed by atoms with Crippen molar-refractivity contribution in [1.29, 1.82) is 0 Å². The summed E-state index contributed by atoms with van der Waals surface area (Å²) in [6.07, 6.45) is 1.45. The molecular formula is C15H16FNO3. The van der Waals surface area contributed by atoms with Crippen molar-refractivity contribution in [3.8, 4) is 0 Å². The van der Waals surface area contributed by atoms with Crippen molar-refractivity contribution in [2.75, 3.05) is 7.11 Å². The fourth-order valence-electron chi connectivity index (χ4n) is 1.88. The average Bonchev–Trinajstić information content (AvgIpc) is 2.93. The fraction of sp³-hybridized carbons (Fsp3) is 0.267. The minimum absolute atomic E-state index is 0.0241. The van der Waals surface area contributed by atoms with E-state index in [1.807, 2.05) is 6.92 Å². The number of rotatable bonds is 5. The number of esters is 1. The van der Waals surface area contributed by atoms with Crippen LogP contribution in [0.4, 0.5) is 4.39 Å². The summed E-state index contributed by atoms with van der Waals surface area (Å²) in [6.45, 7) is 2.42. The first-order valence-electron chi connectivity index (χ1n) is 6.25. The molecule has 0 saturated carbocycles. The molecule has 0 radical (unpaired) electrons. The molecule has 0 saturated heterocycles. The summed E-state index contributed by atoms with van der Waals surface area (Å²) in [7, 11) is 1.31. The molecule has 0 aliphatic rings. The first kappa shape index (κ1) is 14.3. The normalized spacial score (nSPS) is 12.2. The van der Waals surface area contributed by atoms with Gasteiger partial charge in [-0.25, -0.2) is 9.18 Å². The van der Waals surface area contributed by atoms with Gasteiger partial charge in [0, 0.05) is 18.2 Å². The summed E-state index contributed by atoms with van der Waals surface area (Å²) in [4.78, 5) is 11.5. The van der Waals surface area contributed by atoms with Crippen LogP contribution in [0.3, 0.4) is 0 Å². The summed E-state index contributed by atoms with van der Waals surface area (Å²) in [5.41, 5.74) is 1.69. The second-order valence-electron chi connectivity index (χ2n) is 4.42. The average molecular weight is 277 g/mol. The van der Waals surface area contributed by atoms with Crippen LogP contribution in [0.5, 0.6) is 0 Å². The van der Waals surface area contributed by atoms with Crippen LogP contribution in [0.1, 0.15) is 34.6 Å². The predicted molar refractivity (Wildman–Crippen MR) is 71.7 cm³/mol. The van der Waals surface area contributed by atoms with E-state index in [4.69, 9.17) is 4.42 Å². The van der Waals surface area contributed by atoms with E-state index in [-0.39, 0.29) is 17.6 Å². The van der Waals surface area contributed by atoms with Gasteiger partial charge in [-0.2, -0.15) is 0 Å². The molecule has 20 heavy (non-hydrogen) atoms. The largest absolute Gasteiger partial charge is 0.463 e. The van der Waals surface area contributed by atoms with Crippen molar-refractivity contribution in [3.63, 3.8) is 0 Å². The maximum atomic E-state index is 12.9. The third kappa shape index (κ3) is 3.24. The molecule has 1 heterocycles. The van der Waals surface area contributed by atoms with Crippen molar-refractivity contribution >= 4 is 5.97 Å². The molecule has 4 nitrogen and oxygen atoms in total. The van der Waals surface area contributed by atoms with Gasteiger partial charge >= 0.3 is 5.97 Å². The molecule has 1 aromatic heterocycles. The highest BCUT2D eigenvalue weighted by Crippen LogP contribution is 2.16. The van der Waals surface area contributed by atoms with E-state index in [2.05, 4.69) is 10.1 Å². The van der Waals surface area contributed by atoms with Crippen LogP contribution >= 0.6 is 0 Å². The lowest BCUT2D eigenvalue weighted by Crippen LogP contribution is -2.19. The second kappa shape index (κ2) is 6.34. The standard InChI is InChI=1S/C15H16FNO3/c1-10(11-3-5-13(16)6-4-11)17-9-12-7-8-20-14(12)15(18)19-2/h3-8,10,17H,9H2,1-2H3/t10-/m1/s1. The zero-order valence-electron chi connectivity index (χ0n) is 11.4. The number of carbonyl (C=O) groups excluding carboxylic acids is 1. The number of methoxy groups -OCH3 is 1. The molecule has 0 amide bonds. The monoisotopic (exact) mass is 277 g/mol. The van der Waals surface area contributed by atoms with Gasteiger partial charge in [-0.15, -0.1) is 0 Å². The van der Waals surface area contributed by atoms with Gasteiger partial charge in [0.05, 0.1) is 13.4 Å². The van der Waals surface area contributed by atoms with Crippen molar-refractivity contribution in [1.82, 2.24) is 5.32 Å². The molecule has 1 aromatic carbocycles. The maximum absolute atomic E-state index is 12.9. The van der Waals surface area contributed by atoms with Crippen molar-refractivity contribution < 1.29 is 18.3 Å². The lowest BCUT2D eigenvalue weighted by Gasteiger charge is -2.14. The van der Waals surface area contributed by atoms with E-state index < -0.39 is 5.97 Å². The van der Waals surface area contributed by atoms with Gasteiger partial charge in [0.1, 0.15) is 5.82 Å². The van der Waals surface area contributed by atoms with E-state index >= 15 is 0 Å². The van der Waals surface area contributed by atoms with Crippen molar-refractivity contribution in [2.24, 2.45) is 0 Å². The summed E-state index contributed by atoms with van der Waals surface area (Å²) >= 11 is 0. The zero-order chi connectivity index (χ0) is 14.5. The Morgan fingerprint density at radius 2 is 2.05 bits per heavy atom. The maximum Gasteiger partial charge on any atom is 0.374 e. The number of hydrogen-bond acceptors (Lipinski definition) is 4. The second-order valence-corrected chi connectivity index (χ2v) is 4.42. The first-order valence-corrected chi connectivity index (χ1v) is 6.25. The minimum atomic E-state index is -0.499. The van der Waals surface area contributed by atoms with Gasteiger partial charge in [-0.3, -0.25) is 0 Å². The van der Waals surface area contributed by atoms with E-state index in [0.717, 1.165) is 11.1 Å². The number of nitrogens with one attached hydrogen (secondary N) is 1. The summed E-state index contributed by atoms with van der Waals surface area (Å²) < 4.78 is 22.6. The van der Waals surface area contributed by atoms with Crippen LogP contribution in [0.25, 0.3) is 0 Å². The molecule has 0 unspecified atom stereocenters. The number of benzene rings is 1. The van der Waals surface area contributed by atoms with E-state index in [1.54, 1.807) is 18.2 Å². The molecule has 2 aromatic rings. The molecule has 0 spiro atoms. The quantitative estimate of drug-likeness (QED) is 0.853. The molecule has 1 atom stereocenters. The van der Waals surface area contributed by atoms with Gasteiger partial charge in [0.25, 0.3) is 0 Å². The predicted octanol–water partition coefficient (Wildman–Crippen LogP) is 3.06. The minimum Gasteiger partial charge on any atom is -0.463 e. The molecule has 0 aliphatic heterocycles. The SMILES string of the molecule is COC(=O)c1occc1CN[C@H](C)c1ccc(F)cc1. The Morgan fingerprint density at radius 3 is 2.70 bits per heavy atom. The Kier molecular flexibility index (Phi) is 4.53. The van der Waals surface area contributed by atoms with Gasteiger partial charge in [0.15, 0.2) is 0 Å². The third-order valence-corrected chi connectivity index (χ3v) is 3.09. The Hall–Kier alpha value is -2.14. The van der Waals surface area contributed by atoms with Gasteiger partial charge in [-0.1, -0.05) is 12.1 Å². The molecule has 0 aliphatic carbocycles. The third-order valence-electron chi connectivity index (χ3n) is 3.09. The Bertz CT molecular complexity index is 577. The van der Waals surface area contributed by atoms with Crippen molar-refractivity contribution in [3.05, 3.63) is 59.3 Å². The van der Waals surface area contributed by atoms with Crippen LogP contribution in [0.2, 0.25) is 0 Å². The van der Waals surface area contributed by atoms with Gasteiger partial charge < -0.3 is 14.5 Å². The topological polar surface area (TPSA) is 51.5 Å². The number of hydrogen-bond donors (Lipinski definition) is 1. The molecule has 1 N–H and O–H groups in total. The number of ether oxygens (including phenoxy) is 1. The van der Waals surface area contributed by atoms with E-state index in [0.29, 0.717) is 6.54 Å². The first-order chi connectivity index (χ1) is 9.61. The highest BCUT2D eigenvalue weighted by Gasteiger charge is 2.16. The molecular weight excluding hydrogens is 261 g/mol. The zero-order valence-corrected chi connectivity index (χ0v) is 11.4. The van der Waals surface area contributed by atoms with Crippen molar-refractivity contribution in [2.45, 2.75) is 19.5 Å². The van der Waals surface area contributed by atoms with Gasteiger partial charge in [0.2, 0.25) is 5.76 Å². The smallest absolute Gasteiger partial charge is 0.374 e. The van der Waals surface area contributed by atoms with Crippen LogP contribution in [-0.2, 0) is 11.3 Å². The van der Waals surface area contributed by atoms with Crippen LogP contribution in [-0.4, -0.2) is 13.1 Å². The summed E-state index contributed by atoms with van der Waals surface area (Å²) in [5.74, 6) is -0.559. The number of halogens is 1. The van der Waals surface area contributed by atoms with Gasteiger partial charge in [-0.05, 0) is 30.7 Å². The van der Waals surface area contributed by atoms with Crippen LogP contribution in [0, 0.1) is 5.82 Å². The number of furan rings is 1. The Balaban J connectivity index is 2.00. The summed E-state index contributed by atoms with van der Waals surface area (Å²) in [6, 6.07) is 8.04. The van der Waals surface area contributed by atoms with Crippen LogP contribution in [0.15, 0.2) is 41.0 Å². The Morgan fingerprint density at radius 1 is 1.35 bits per heavy atom. The fourth-order valence-corrected chi connectivity index (χ4v) is 1.88. The molecule has 2 rings (SSSR count). The van der Waals surface area contributed by atoms with E-state index in [1.165, 1.54) is 25.5 Å². The summed E-state index contributed by atoms with van der Waals surface area (Å²) in [5, 5.41) is 3.25. The highest BCUT2D eigenvalue weighted by molar-refractivity contribution is 5.87. The molecule has 5 heteroatoms. The highest BCUT2D eigenvalue weighted by atomic mass is 19.1. The Labute approximate surface area is 116 Å². The van der Waals surface area contributed by atoms with E-state index in [9.17, 15) is 9.18 Å². The lowest BCUT2D eigenvalue weighted by molar-refractivity contribution is 0.0563. The van der Waals surface area contributed by atoms with Crippen LogP contribution < -0.4 is 5.32 Å².